The van der Waals surface area contributed by atoms with Gasteiger partial charge in [-0.05, 0) is 51.7 Å². The second-order valence-electron chi connectivity index (χ2n) is 4.90. The third-order valence-electron chi connectivity index (χ3n) is 2.89. The molecule has 0 aromatic heterocycles. The van der Waals surface area contributed by atoms with Crippen molar-refractivity contribution < 1.29 is 4.74 Å². The van der Waals surface area contributed by atoms with Crippen molar-refractivity contribution in [1.82, 2.24) is 10.2 Å². The molecule has 0 aliphatic rings. The van der Waals surface area contributed by atoms with Gasteiger partial charge in [-0.25, -0.2) is 0 Å². The van der Waals surface area contributed by atoms with E-state index in [1.54, 1.807) is 0 Å². The SMILES string of the molecule is CCCNC(C)c1ccc(OCCN(C)C)cc1. The average Bonchev–Trinajstić information content (AvgIpc) is 2.36. The Morgan fingerprint density at radius 2 is 1.89 bits per heavy atom. The molecule has 102 valence electrons. The van der Waals surface area contributed by atoms with Crippen LogP contribution >= 0.6 is 0 Å². The van der Waals surface area contributed by atoms with Crippen molar-refractivity contribution >= 4 is 0 Å². The van der Waals surface area contributed by atoms with Crippen LogP contribution < -0.4 is 10.1 Å². The van der Waals surface area contributed by atoms with E-state index in [0.29, 0.717) is 6.04 Å². The summed E-state index contributed by atoms with van der Waals surface area (Å²) in [5.41, 5.74) is 1.31. The van der Waals surface area contributed by atoms with Crippen LogP contribution in [0.5, 0.6) is 5.75 Å². The topological polar surface area (TPSA) is 24.5 Å². The summed E-state index contributed by atoms with van der Waals surface area (Å²) < 4.78 is 5.67. The fourth-order valence-corrected chi connectivity index (χ4v) is 1.68. The lowest BCUT2D eigenvalue weighted by Crippen LogP contribution is -2.20. The van der Waals surface area contributed by atoms with Gasteiger partial charge in [0, 0.05) is 12.6 Å². The monoisotopic (exact) mass is 250 g/mol. The molecule has 1 atom stereocenters. The van der Waals surface area contributed by atoms with Gasteiger partial charge in [0.25, 0.3) is 0 Å². The standard InChI is InChI=1S/C15H26N2O/c1-5-10-16-13(2)14-6-8-15(9-7-14)18-12-11-17(3)4/h6-9,13,16H,5,10-12H2,1-4H3. The molecule has 0 amide bonds. The third-order valence-corrected chi connectivity index (χ3v) is 2.89. The van der Waals surface area contributed by atoms with Crippen LogP contribution in [0.2, 0.25) is 0 Å². The largest absolute Gasteiger partial charge is 0.492 e. The molecule has 0 heterocycles. The minimum absolute atomic E-state index is 0.403. The van der Waals surface area contributed by atoms with Gasteiger partial charge in [-0.2, -0.15) is 0 Å². The molecule has 1 N–H and O–H groups in total. The zero-order valence-corrected chi connectivity index (χ0v) is 12.1. The van der Waals surface area contributed by atoms with E-state index in [-0.39, 0.29) is 0 Å². The van der Waals surface area contributed by atoms with E-state index >= 15 is 0 Å². The Morgan fingerprint density at radius 1 is 1.22 bits per heavy atom. The van der Waals surface area contributed by atoms with Gasteiger partial charge >= 0.3 is 0 Å². The number of hydrogen-bond acceptors (Lipinski definition) is 3. The Bertz CT molecular complexity index is 322. The maximum atomic E-state index is 5.67. The van der Waals surface area contributed by atoms with Crippen LogP contribution in [0.25, 0.3) is 0 Å². The Labute approximate surface area is 111 Å². The maximum absolute atomic E-state index is 5.67. The van der Waals surface area contributed by atoms with Crippen molar-refractivity contribution in [2.75, 3.05) is 33.8 Å². The van der Waals surface area contributed by atoms with E-state index in [1.165, 1.54) is 5.56 Å². The van der Waals surface area contributed by atoms with E-state index in [4.69, 9.17) is 4.74 Å². The first-order valence-electron chi connectivity index (χ1n) is 6.74. The summed E-state index contributed by atoms with van der Waals surface area (Å²) >= 11 is 0. The van der Waals surface area contributed by atoms with E-state index in [9.17, 15) is 0 Å². The van der Waals surface area contributed by atoms with Gasteiger partial charge in [0.1, 0.15) is 12.4 Å². The molecule has 0 radical (unpaired) electrons. The summed E-state index contributed by atoms with van der Waals surface area (Å²) in [5.74, 6) is 0.947. The number of likely N-dealkylation sites (N-methyl/N-ethyl adjacent to an activating group) is 1. The van der Waals surface area contributed by atoms with Crippen molar-refractivity contribution in [3.05, 3.63) is 29.8 Å². The summed E-state index contributed by atoms with van der Waals surface area (Å²) in [4.78, 5) is 2.12. The summed E-state index contributed by atoms with van der Waals surface area (Å²) in [6.45, 7) is 7.10. The lowest BCUT2D eigenvalue weighted by molar-refractivity contribution is 0.261. The van der Waals surface area contributed by atoms with E-state index < -0.39 is 0 Å². The normalized spacial score (nSPS) is 12.7. The second-order valence-corrected chi connectivity index (χ2v) is 4.90. The molecule has 0 saturated carbocycles. The Balaban J connectivity index is 2.41. The number of ether oxygens (including phenoxy) is 1. The molecule has 0 bridgehead atoms. The summed E-state index contributed by atoms with van der Waals surface area (Å²) in [7, 11) is 4.10. The fraction of sp³-hybridized carbons (Fsp3) is 0.600. The molecule has 0 aliphatic carbocycles. The van der Waals surface area contributed by atoms with E-state index in [2.05, 4.69) is 48.3 Å². The van der Waals surface area contributed by atoms with Crippen LogP contribution in [0.1, 0.15) is 31.9 Å². The number of nitrogens with zero attached hydrogens (tertiary/aromatic N) is 1. The summed E-state index contributed by atoms with van der Waals surface area (Å²) in [6.07, 6.45) is 1.16. The van der Waals surface area contributed by atoms with Crippen molar-refractivity contribution in [2.45, 2.75) is 26.3 Å². The average molecular weight is 250 g/mol. The van der Waals surface area contributed by atoms with Gasteiger partial charge in [-0.1, -0.05) is 19.1 Å². The highest BCUT2D eigenvalue weighted by molar-refractivity contribution is 5.28. The van der Waals surface area contributed by atoms with Crippen molar-refractivity contribution in [2.24, 2.45) is 0 Å². The summed E-state index contributed by atoms with van der Waals surface area (Å²) in [6, 6.07) is 8.78. The molecule has 0 spiro atoms. The van der Waals surface area contributed by atoms with Gasteiger partial charge in [0.15, 0.2) is 0 Å². The maximum Gasteiger partial charge on any atom is 0.119 e. The molecule has 3 heteroatoms. The van der Waals surface area contributed by atoms with Crippen molar-refractivity contribution in [1.29, 1.82) is 0 Å². The van der Waals surface area contributed by atoms with Crippen LogP contribution in [0.4, 0.5) is 0 Å². The van der Waals surface area contributed by atoms with Crippen LogP contribution in [-0.2, 0) is 0 Å². The van der Waals surface area contributed by atoms with E-state index in [0.717, 1.165) is 31.9 Å². The zero-order chi connectivity index (χ0) is 13.4. The number of nitrogens with one attached hydrogen (secondary N) is 1. The van der Waals surface area contributed by atoms with Crippen LogP contribution in [0.15, 0.2) is 24.3 Å². The fourth-order valence-electron chi connectivity index (χ4n) is 1.68. The van der Waals surface area contributed by atoms with Crippen LogP contribution in [0, 0.1) is 0 Å². The molecule has 1 aromatic carbocycles. The minimum atomic E-state index is 0.403. The van der Waals surface area contributed by atoms with Gasteiger partial charge < -0.3 is 15.0 Å². The van der Waals surface area contributed by atoms with Crippen molar-refractivity contribution in [3.63, 3.8) is 0 Å². The first-order valence-corrected chi connectivity index (χ1v) is 6.74. The Kier molecular flexibility index (Phi) is 6.76. The Hall–Kier alpha value is -1.06. The quantitative estimate of drug-likeness (QED) is 0.767. The van der Waals surface area contributed by atoms with E-state index in [1.807, 2.05) is 14.1 Å². The molecular weight excluding hydrogens is 224 g/mol. The lowest BCUT2D eigenvalue weighted by atomic mass is 10.1. The van der Waals surface area contributed by atoms with Gasteiger partial charge in [0.05, 0.1) is 0 Å². The number of benzene rings is 1. The predicted octanol–water partition coefficient (Wildman–Crippen LogP) is 2.69. The zero-order valence-electron chi connectivity index (χ0n) is 12.1. The highest BCUT2D eigenvalue weighted by Crippen LogP contribution is 2.17. The van der Waals surface area contributed by atoms with Crippen molar-refractivity contribution in [3.8, 4) is 5.75 Å². The molecule has 3 nitrogen and oxygen atoms in total. The molecule has 1 aromatic rings. The first kappa shape index (κ1) is 15.0. The first-order chi connectivity index (χ1) is 8.63. The number of hydrogen-bond donors (Lipinski definition) is 1. The predicted molar refractivity (Wildman–Crippen MR) is 77.2 cm³/mol. The smallest absolute Gasteiger partial charge is 0.119 e. The van der Waals surface area contributed by atoms with Crippen LogP contribution in [-0.4, -0.2) is 38.7 Å². The summed E-state index contributed by atoms with van der Waals surface area (Å²) in [5, 5.41) is 3.48. The minimum Gasteiger partial charge on any atom is -0.492 e. The molecule has 1 rings (SSSR count). The molecule has 0 saturated heterocycles. The van der Waals surface area contributed by atoms with Crippen LogP contribution in [0.3, 0.4) is 0 Å². The Morgan fingerprint density at radius 3 is 2.44 bits per heavy atom. The van der Waals surface area contributed by atoms with Gasteiger partial charge in [-0.3, -0.25) is 0 Å². The second kappa shape index (κ2) is 8.11. The highest BCUT2D eigenvalue weighted by atomic mass is 16.5. The lowest BCUT2D eigenvalue weighted by Gasteiger charge is -2.15. The molecular formula is C15H26N2O. The molecule has 1 unspecified atom stereocenters. The van der Waals surface area contributed by atoms with Gasteiger partial charge in [-0.15, -0.1) is 0 Å². The van der Waals surface area contributed by atoms with Gasteiger partial charge in [0.2, 0.25) is 0 Å². The molecule has 0 aliphatic heterocycles. The molecule has 18 heavy (non-hydrogen) atoms. The number of rotatable bonds is 8. The molecule has 0 fully saturated rings. The highest BCUT2D eigenvalue weighted by Gasteiger charge is 2.03. The third kappa shape index (κ3) is 5.52.